The molecule has 0 bridgehead atoms. The Morgan fingerprint density at radius 3 is 2.71 bits per heavy atom. The number of ether oxygens (including phenoxy) is 1. The van der Waals surface area contributed by atoms with Gasteiger partial charge in [-0.2, -0.15) is 0 Å². The maximum Gasteiger partial charge on any atom is 0.303 e. The van der Waals surface area contributed by atoms with Crippen molar-refractivity contribution in [3.05, 3.63) is 70.5 Å². The van der Waals surface area contributed by atoms with Crippen molar-refractivity contribution in [3.63, 3.8) is 0 Å². The van der Waals surface area contributed by atoms with Crippen LogP contribution < -0.4 is 5.32 Å². The quantitative estimate of drug-likeness (QED) is 0.627. The molecule has 1 N–H and O–H groups in total. The fraction of sp³-hybridized carbons (Fsp3) is 0.111. The number of benzene rings is 2. The number of rotatable bonds is 2. The van der Waals surface area contributed by atoms with Crippen molar-refractivity contribution in [2.75, 3.05) is 5.32 Å². The third-order valence-corrected chi connectivity index (χ3v) is 4.13. The van der Waals surface area contributed by atoms with E-state index < -0.39 is 12.1 Å². The van der Waals surface area contributed by atoms with Crippen LogP contribution in [0, 0.1) is 5.82 Å². The Morgan fingerprint density at radius 1 is 1.25 bits per heavy atom. The highest BCUT2D eigenvalue weighted by molar-refractivity contribution is 7.80. The predicted molar refractivity (Wildman–Crippen MR) is 96.7 cm³/mol. The summed E-state index contributed by atoms with van der Waals surface area (Å²) >= 11 is 11.4. The van der Waals surface area contributed by atoms with E-state index in [0.29, 0.717) is 32.4 Å². The standard InChI is InChI=1S/C18H13ClFNO2S/c1-10(22)23-17-9-13(12-4-2-3-5-15(12)20)14-8-11(19)6-7-16(14)21-18(17)24/h2-9,17H,1H3,(H,21,24). The summed E-state index contributed by atoms with van der Waals surface area (Å²) in [6.45, 7) is 1.30. The van der Waals surface area contributed by atoms with Crippen LogP contribution in [0.5, 0.6) is 0 Å². The molecule has 1 unspecified atom stereocenters. The molecule has 0 saturated heterocycles. The summed E-state index contributed by atoms with van der Waals surface area (Å²) in [5.74, 6) is -0.860. The van der Waals surface area contributed by atoms with Gasteiger partial charge in [0.05, 0.1) is 0 Å². The van der Waals surface area contributed by atoms with Crippen molar-refractivity contribution >= 4 is 46.0 Å². The van der Waals surface area contributed by atoms with Gasteiger partial charge in [0.25, 0.3) is 0 Å². The average Bonchev–Trinajstić information content (AvgIpc) is 2.65. The number of thiocarbonyl (C=S) groups is 1. The molecule has 1 atom stereocenters. The van der Waals surface area contributed by atoms with Gasteiger partial charge in [0.15, 0.2) is 6.10 Å². The maximum absolute atomic E-state index is 14.4. The second-order valence-corrected chi connectivity index (χ2v) is 6.15. The number of esters is 1. The number of carbonyl (C=O) groups excluding carboxylic acids is 1. The minimum atomic E-state index is -0.793. The molecule has 24 heavy (non-hydrogen) atoms. The van der Waals surface area contributed by atoms with Gasteiger partial charge in [0.2, 0.25) is 0 Å². The van der Waals surface area contributed by atoms with E-state index in [2.05, 4.69) is 5.32 Å². The van der Waals surface area contributed by atoms with Crippen LogP contribution in [0.15, 0.2) is 48.5 Å². The van der Waals surface area contributed by atoms with Crippen molar-refractivity contribution in [1.82, 2.24) is 0 Å². The van der Waals surface area contributed by atoms with Gasteiger partial charge in [0, 0.05) is 28.8 Å². The number of fused-ring (bicyclic) bond motifs is 1. The molecule has 1 aliphatic rings. The zero-order chi connectivity index (χ0) is 17.3. The fourth-order valence-electron chi connectivity index (χ4n) is 2.55. The lowest BCUT2D eigenvalue weighted by atomic mass is 9.95. The van der Waals surface area contributed by atoms with Crippen LogP contribution >= 0.6 is 23.8 Å². The smallest absolute Gasteiger partial charge is 0.303 e. The number of carbonyl (C=O) groups is 1. The van der Waals surface area contributed by atoms with E-state index in [-0.39, 0.29) is 5.82 Å². The number of anilines is 1. The first kappa shape index (κ1) is 16.6. The molecule has 1 aliphatic heterocycles. The van der Waals surface area contributed by atoms with Crippen LogP contribution in [0.3, 0.4) is 0 Å². The normalized spacial score (nSPS) is 16.5. The van der Waals surface area contributed by atoms with Gasteiger partial charge in [-0.25, -0.2) is 4.39 Å². The summed E-state index contributed by atoms with van der Waals surface area (Å²) in [5.41, 5.74) is 2.30. The van der Waals surface area contributed by atoms with Gasteiger partial charge in [0.1, 0.15) is 10.8 Å². The molecule has 0 amide bonds. The summed E-state index contributed by atoms with van der Waals surface area (Å²) in [6, 6.07) is 11.6. The molecule has 6 heteroatoms. The molecule has 122 valence electrons. The van der Waals surface area contributed by atoms with Gasteiger partial charge < -0.3 is 10.1 Å². The van der Waals surface area contributed by atoms with E-state index in [1.54, 1.807) is 42.5 Å². The van der Waals surface area contributed by atoms with Gasteiger partial charge in [-0.3, -0.25) is 4.79 Å². The monoisotopic (exact) mass is 361 g/mol. The molecule has 0 aliphatic carbocycles. The number of nitrogens with one attached hydrogen (secondary N) is 1. The highest BCUT2D eigenvalue weighted by Crippen LogP contribution is 2.36. The SMILES string of the molecule is CC(=O)OC1C=C(c2ccccc2F)c2cc(Cl)ccc2NC1=S. The molecule has 3 nitrogen and oxygen atoms in total. The minimum Gasteiger partial charge on any atom is -0.451 e. The van der Waals surface area contributed by atoms with Crippen LogP contribution in [0.1, 0.15) is 18.1 Å². The summed E-state index contributed by atoms with van der Waals surface area (Å²) in [4.78, 5) is 11.7. The second-order valence-electron chi connectivity index (χ2n) is 5.27. The molecule has 0 spiro atoms. The third kappa shape index (κ3) is 3.32. The van der Waals surface area contributed by atoms with E-state index in [1.165, 1.54) is 13.0 Å². The largest absolute Gasteiger partial charge is 0.451 e. The number of halogens is 2. The van der Waals surface area contributed by atoms with Crippen molar-refractivity contribution in [1.29, 1.82) is 0 Å². The van der Waals surface area contributed by atoms with Crippen LogP contribution in [0.25, 0.3) is 5.57 Å². The molecule has 2 aromatic carbocycles. The lowest BCUT2D eigenvalue weighted by molar-refractivity contribution is -0.141. The molecule has 0 fully saturated rings. The second kappa shape index (κ2) is 6.71. The van der Waals surface area contributed by atoms with Crippen LogP contribution in [0.4, 0.5) is 10.1 Å². The predicted octanol–water partition coefficient (Wildman–Crippen LogP) is 4.60. The first-order valence-corrected chi connectivity index (χ1v) is 7.99. The number of hydrogen-bond donors (Lipinski definition) is 1. The highest BCUT2D eigenvalue weighted by Gasteiger charge is 2.25. The summed E-state index contributed by atoms with van der Waals surface area (Å²) < 4.78 is 19.6. The Bertz CT molecular complexity index is 866. The van der Waals surface area contributed by atoms with E-state index >= 15 is 0 Å². The van der Waals surface area contributed by atoms with E-state index in [0.717, 1.165) is 0 Å². The molecule has 0 saturated carbocycles. The molecule has 3 rings (SSSR count). The van der Waals surface area contributed by atoms with Crippen LogP contribution in [-0.2, 0) is 9.53 Å². The van der Waals surface area contributed by atoms with Crippen molar-refractivity contribution in [3.8, 4) is 0 Å². The van der Waals surface area contributed by atoms with Gasteiger partial charge in [-0.15, -0.1) is 0 Å². The third-order valence-electron chi connectivity index (χ3n) is 3.56. The van der Waals surface area contributed by atoms with Gasteiger partial charge in [-0.1, -0.05) is 42.0 Å². The minimum absolute atomic E-state index is 0.320. The van der Waals surface area contributed by atoms with Crippen molar-refractivity contribution < 1.29 is 13.9 Å². The molecule has 2 aromatic rings. The Morgan fingerprint density at radius 2 is 2.00 bits per heavy atom. The van der Waals surface area contributed by atoms with Gasteiger partial charge >= 0.3 is 5.97 Å². The lowest BCUT2D eigenvalue weighted by Gasteiger charge is -2.14. The van der Waals surface area contributed by atoms with Crippen LogP contribution in [0.2, 0.25) is 5.02 Å². The van der Waals surface area contributed by atoms with Crippen LogP contribution in [-0.4, -0.2) is 17.1 Å². The van der Waals surface area contributed by atoms with Crippen molar-refractivity contribution in [2.24, 2.45) is 0 Å². The van der Waals surface area contributed by atoms with E-state index in [1.807, 2.05) is 0 Å². The molecular weight excluding hydrogens is 349 g/mol. The molecule has 1 heterocycles. The summed E-state index contributed by atoms with van der Waals surface area (Å²) in [5, 5.41) is 3.55. The zero-order valence-electron chi connectivity index (χ0n) is 12.7. The fourth-order valence-corrected chi connectivity index (χ4v) is 2.95. The molecular formula is C18H13ClFNO2S. The maximum atomic E-state index is 14.4. The van der Waals surface area contributed by atoms with Crippen molar-refractivity contribution in [2.45, 2.75) is 13.0 Å². The Kier molecular flexibility index (Phi) is 4.64. The average molecular weight is 362 g/mol. The van der Waals surface area contributed by atoms with Gasteiger partial charge in [-0.05, 0) is 35.9 Å². The van der Waals surface area contributed by atoms with E-state index in [9.17, 15) is 9.18 Å². The summed E-state index contributed by atoms with van der Waals surface area (Å²) in [7, 11) is 0. The highest BCUT2D eigenvalue weighted by atomic mass is 35.5. The lowest BCUT2D eigenvalue weighted by Crippen LogP contribution is -2.27. The summed E-state index contributed by atoms with van der Waals surface area (Å²) in [6.07, 6.45) is 0.843. The molecule has 0 aromatic heterocycles. The zero-order valence-corrected chi connectivity index (χ0v) is 14.2. The van der Waals surface area contributed by atoms with E-state index in [4.69, 9.17) is 28.6 Å². The topological polar surface area (TPSA) is 38.3 Å². The Hall–Kier alpha value is -2.24. The Labute approximate surface area is 149 Å². The number of hydrogen-bond acceptors (Lipinski definition) is 3. The first-order valence-electron chi connectivity index (χ1n) is 7.20. The Balaban J connectivity index is 2.23. The molecule has 0 radical (unpaired) electrons. The first-order chi connectivity index (χ1) is 11.5.